The number of hydrogen-bond acceptors (Lipinski definition) is 2. The van der Waals surface area contributed by atoms with Gasteiger partial charge in [-0.05, 0) is 34.7 Å². The number of amides is 1. The number of rotatable bonds is 2. The number of carboxylic acids is 1. The molecule has 4 rings (SSSR count). The highest BCUT2D eigenvalue weighted by Gasteiger charge is 2.36. The Bertz CT molecular complexity index is 1060. The minimum atomic E-state index is -0.976. The van der Waals surface area contributed by atoms with E-state index in [1.807, 2.05) is 36.4 Å². The smallest absolute Gasteiger partial charge is 0.326 e. The van der Waals surface area contributed by atoms with Crippen molar-refractivity contribution < 1.29 is 14.7 Å². The number of carbonyl (C=O) groups excluding carboxylic acids is 1. The summed E-state index contributed by atoms with van der Waals surface area (Å²) in [4.78, 5) is 29.9. The summed E-state index contributed by atoms with van der Waals surface area (Å²) in [6.45, 7) is 6.62. The summed E-state index contributed by atoms with van der Waals surface area (Å²) < 4.78 is 0. The second-order valence-corrected chi connectivity index (χ2v) is 8.45. The first-order valence-electron chi connectivity index (χ1n) is 9.48. The maximum absolute atomic E-state index is 13.1. The summed E-state index contributed by atoms with van der Waals surface area (Å²) in [5, 5.41) is 10.8. The lowest BCUT2D eigenvalue weighted by atomic mass is 9.86. The number of aromatic nitrogens is 1. The number of para-hydroxylation sites is 1. The van der Waals surface area contributed by atoms with Gasteiger partial charge < -0.3 is 15.0 Å². The molecular weight excluding hydrogens is 352 g/mol. The summed E-state index contributed by atoms with van der Waals surface area (Å²) in [5.74, 6) is -1.23. The van der Waals surface area contributed by atoms with Gasteiger partial charge in [-0.3, -0.25) is 4.79 Å². The number of H-pyrrole nitrogens is 1. The third-order valence-corrected chi connectivity index (χ3v) is 5.55. The van der Waals surface area contributed by atoms with E-state index in [2.05, 4.69) is 25.8 Å². The average molecular weight is 376 g/mol. The molecule has 28 heavy (non-hydrogen) atoms. The molecule has 1 aliphatic heterocycles. The number of nitrogens with zero attached hydrogens (tertiary/aromatic N) is 1. The molecule has 1 aliphatic rings. The fourth-order valence-corrected chi connectivity index (χ4v) is 3.92. The second-order valence-electron chi connectivity index (χ2n) is 8.45. The molecular formula is C23H24N2O3. The molecule has 5 nitrogen and oxygen atoms in total. The molecule has 0 bridgehead atoms. The van der Waals surface area contributed by atoms with Crippen molar-refractivity contribution in [2.45, 2.75) is 45.2 Å². The van der Waals surface area contributed by atoms with Gasteiger partial charge in [-0.25, -0.2) is 4.79 Å². The summed E-state index contributed by atoms with van der Waals surface area (Å²) in [6.07, 6.45) is 0.306. The number of aliphatic carboxylic acids is 1. The fourth-order valence-electron chi connectivity index (χ4n) is 3.92. The molecule has 1 unspecified atom stereocenters. The van der Waals surface area contributed by atoms with Gasteiger partial charge in [0.2, 0.25) is 0 Å². The fraction of sp³-hybridized carbons (Fsp3) is 0.304. The maximum Gasteiger partial charge on any atom is 0.326 e. The molecule has 1 atom stereocenters. The van der Waals surface area contributed by atoms with Crippen LogP contribution < -0.4 is 0 Å². The topological polar surface area (TPSA) is 73.4 Å². The van der Waals surface area contributed by atoms with Gasteiger partial charge in [-0.15, -0.1) is 0 Å². The van der Waals surface area contributed by atoms with Gasteiger partial charge >= 0.3 is 5.97 Å². The Balaban J connectivity index is 1.69. The first kappa shape index (κ1) is 18.3. The molecule has 144 valence electrons. The van der Waals surface area contributed by atoms with Gasteiger partial charge in [0.1, 0.15) is 6.04 Å². The van der Waals surface area contributed by atoms with E-state index in [0.29, 0.717) is 12.0 Å². The standard InChI is InChI=1S/C23H24N2O3/c1-23(2,3)15-10-8-14(9-11-15)21(26)25-13-19-17(12-20(25)22(27)28)16-6-4-5-7-18(16)24-19/h4-11,20,24H,12-13H2,1-3H3,(H,27,28). The van der Waals surface area contributed by atoms with Crippen molar-refractivity contribution in [1.29, 1.82) is 0 Å². The number of hydrogen-bond donors (Lipinski definition) is 2. The Morgan fingerprint density at radius 2 is 1.75 bits per heavy atom. The Labute approximate surface area is 164 Å². The zero-order valence-corrected chi connectivity index (χ0v) is 16.3. The molecule has 2 N–H and O–H groups in total. The largest absolute Gasteiger partial charge is 0.480 e. The summed E-state index contributed by atoms with van der Waals surface area (Å²) >= 11 is 0. The lowest BCUT2D eigenvalue weighted by molar-refractivity contribution is -0.142. The van der Waals surface area contributed by atoms with E-state index in [1.54, 1.807) is 12.1 Å². The quantitative estimate of drug-likeness (QED) is 0.707. The van der Waals surface area contributed by atoms with Gasteiger partial charge in [-0.2, -0.15) is 0 Å². The normalized spacial score (nSPS) is 16.8. The van der Waals surface area contributed by atoms with Crippen molar-refractivity contribution >= 4 is 22.8 Å². The van der Waals surface area contributed by atoms with Crippen LogP contribution in [0.1, 0.15) is 48.0 Å². The Kier molecular flexibility index (Phi) is 4.26. The number of carboxylic acid groups (broad SMARTS) is 1. The average Bonchev–Trinajstić information content (AvgIpc) is 3.03. The van der Waals surface area contributed by atoms with Gasteiger partial charge in [0.15, 0.2) is 0 Å². The van der Waals surface area contributed by atoms with E-state index in [4.69, 9.17) is 0 Å². The maximum atomic E-state index is 13.1. The monoisotopic (exact) mass is 376 g/mol. The molecule has 1 aromatic heterocycles. The van der Waals surface area contributed by atoms with Crippen LogP contribution in [-0.2, 0) is 23.2 Å². The molecule has 0 fully saturated rings. The molecule has 1 amide bonds. The van der Waals surface area contributed by atoms with Crippen LogP contribution in [0, 0.1) is 0 Å². The molecule has 0 saturated carbocycles. The van der Waals surface area contributed by atoms with Gasteiger partial charge in [0.25, 0.3) is 5.91 Å². The van der Waals surface area contributed by atoms with E-state index in [1.165, 1.54) is 4.90 Å². The third kappa shape index (κ3) is 3.07. The van der Waals surface area contributed by atoms with Crippen molar-refractivity contribution in [2.24, 2.45) is 0 Å². The summed E-state index contributed by atoms with van der Waals surface area (Å²) in [5.41, 5.74) is 4.53. The van der Waals surface area contributed by atoms with Crippen molar-refractivity contribution in [3.8, 4) is 0 Å². The van der Waals surface area contributed by atoms with Gasteiger partial charge in [0.05, 0.1) is 6.54 Å². The molecule has 2 aromatic carbocycles. The van der Waals surface area contributed by atoms with Gasteiger partial charge in [-0.1, -0.05) is 51.1 Å². The Morgan fingerprint density at radius 3 is 2.39 bits per heavy atom. The van der Waals surface area contributed by atoms with E-state index in [-0.39, 0.29) is 17.9 Å². The van der Waals surface area contributed by atoms with Crippen LogP contribution in [-0.4, -0.2) is 32.9 Å². The van der Waals surface area contributed by atoms with E-state index >= 15 is 0 Å². The minimum absolute atomic E-state index is 0.00441. The number of nitrogens with one attached hydrogen (secondary N) is 1. The lowest BCUT2D eigenvalue weighted by Crippen LogP contribution is -2.48. The first-order valence-corrected chi connectivity index (χ1v) is 9.48. The Hall–Kier alpha value is -3.08. The van der Waals surface area contributed by atoms with Crippen LogP contribution in [0.3, 0.4) is 0 Å². The van der Waals surface area contributed by atoms with Crippen molar-refractivity contribution in [2.75, 3.05) is 0 Å². The van der Waals surface area contributed by atoms with Crippen LogP contribution in [0.4, 0.5) is 0 Å². The Morgan fingerprint density at radius 1 is 1.07 bits per heavy atom. The number of benzene rings is 2. The number of aromatic amines is 1. The predicted octanol–water partition coefficient (Wildman–Crippen LogP) is 4.12. The van der Waals surface area contributed by atoms with E-state index in [9.17, 15) is 14.7 Å². The summed E-state index contributed by atoms with van der Waals surface area (Å²) in [6, 6.07) is 14.5. The highest BCUT2D eigenvalue weighted by Crippen LogP contribution is 2.31. The van der Waals surface area contributed by atoms with Crippen LogP contribution in [0.25, 0.3) is 10.9 Å². The minimum Gasteiger partial charge on any atom is -0.480 e. The first-order chi connectivity index (χ1) is 13.3. The van der Waals surface area contributed by atoms with E-state index < -0.39 is 12.0 Å². The number of carbonyl (C=O) groups is 2. The molecule has 5 heteroatoms. The van der Waals surface area contributed by atoms with Gasteiger partial charge in [0, 0.05) is 28.6 Å². The molecule has 0 aliphatic carbocycles. The molecule has 0 spiro atoms. The highest BCUT2D eigenvalue weighted by atomic mass is 16.4. The SMILES string of the molecule is CC(C)(C)c1ccc(C(=O)N2Cc3[nH]c4ccccc4c3CC2C(=O)O)cc1. The summed E-state index contributed by atoms with van der Waals surface area (Å²) in [7, 11) is 0. The van der Waals surface area contributed by atoms with E-state index in [0.717, 1.165) is 27.7 Å². The molecule has 2 heterocycles. The van der Waals surface area contributed by atoms with Crippen molar-refractivity contribution in [1.82, 2.24) is 9.88 Å². The zero-order chi connectivity index (χ0) is 20.1. The van der Waals surface area contributed by atoms with Crippen molar-refractivity contribution in [3.63, 3.8) is 0 Å². The zero-order valence-electron chi connectivity index (χ0n) is 16.3. The van der Waals surface area contributed by atoms with Crippen LogP contribution in [0.5, 0.6) is 0 Å². The van der Waals surface area contributed by atoms with Crippen molar-refractivity contribution in [3.05, 3.63) is 70.9 Å². The van der Waals surface area contributed by atoms with Crippen LogP contribution >= 0.6 is 0 Å². The third-order valence-electron chi connectivity index (χ3n) is 5.55. The molecule has 3 aromatic rings. The molecule has 0 radical (unpaired) electrons. The predicted molar refractivity (Wildman–Crippen MR) is 108 cm³/mol. The highest BCUT2D eigenvalue weighted by molar-refractivity contribution is 5.97. The van der Waals surface area contributed by atoms with Crippen LogP contribution in [0.15, 0.2) is 48.5 Å². The number of fused-ring (bicyclic) bond motifs is 3. The lowest BCUT2D eigenvalue weighted by Gasteiger charge is -2.33. The second kappa shape index (κ2) is 6.51. The molecule has 0 saturated heterocycles. The van der Waals surface area contributed by atoms with Crippen LogP contribution in [0.2, 0.25) is 0 Å².